The largest absolute Gasteiger partial charge is 0.345 e. The number of benzene rings is 2. The Hall–Kier alpha value is -0.870. The molecule has 1 N–H and O–H groups in total. The van der Waals surface area contributed by atoms with Crippen molar-refractivity contribution >= 4 is 48.5 Å². The Kier molecular flexibility index (Phi) is 4.63. The molecule has 0 aliphatic rings. The van der Waals surface area contributed by atoms with Crippen LogP contribution in [0.3, 0.4) is 0 Å². The lowest BCUT2D eigenvalue weighted by atomic mass is 10.0. The van der Waals surface area contributed by atoms with Crippen LogP contribution in [0.2, 0.25) is 0 Å². The molecule has 2 aromatic rings. The van der Waals surface area contributed by atoms with E-state index >= 15 is 0 Å². The number of hydrogen-bond donors (Lipinski definition) is 1. The highest BCUT2D eigenvalue weighted by atomic mass is 79.9. The summed E-state index contributed by atoms with van der Waals surface area (Å²) in [4.78, 5) is 12.4. The number of carbonyl (C=O) groups is 1. The molecular formula is C15H15Br2NO. The minimum absolute atomic E-state index is 0.0433. The van der Waals surface area contributed by atoms with Gasteiger partial charge in [-0.3, -0.25) is 4.79 Å². The fourth-order valence-electron chi connectivity index (χ4n) is 1.87. The Morgan fingerprint density at radius 3 is 2.42 bits per heavy atom. The molecule has 2 nitrogen and oxygen atoms in total. The van der Waals surface area contributed by atoms with Gasteiger partial charge in [-0.1, -0.05) is 68.3 Å². The zero-order valence-corrected chi connectivity index (χ0v) is 13.8. The minimum atomic E-state index is -0.298. The Labute approximate surface area is 129 Å². The zero-order valence-electron chi connectivity index (χ0n) is 10.6. The first-order chi connectivity index (χ1) is 9.09. The molecule has 0 saturated carbocycles. The van der Waals surface area contributed by atoms with Crippen LogP contribution in [0.1, 0.15) is 17.3 Å². The highest BCUT2D eigenvalue weighted by Gasteiger charge is 2.24. The third kappa shape index (κ3) is 3.18. The maximum Gasteiger partial charge on any atom is 0.252 e. The maximum atomic E-state index is 12.4. The molecule has 0 saturated heterocycles. The van der Waals surface area contributed by atoms with Gasteiger partial charge in [-0.05, 0) is 23.8 Å². The first-order valence-corrected chi connectivity index (χ1v) is 8.26. The van der Waals surface area contributed by atoms with E-state index in [1.807, 2.05) is 49.4 Å². The van der Waals surface area contributed by atoms with Crippen molar-refractivity contribution in [2.45, 2.75) is 12.5 Å². The monoisotopic (exact) mass is 383 g/mol. The van der Waals surface area contributed by atoms with Gasteiger partial charge in [0.05, 0.1) is 5.54 Å². The van der Waals surface area contributed by atoms with Gasteiger partial charge in [0.25, 0.3) is 5.91 Å². The lowest BCUT2D eigenvalue weighted by Crippen LogP contribution is -2.49. The van der Waals surface area contributed by atoms with Crippen molar-refractivity contribution in [1.82, 2.24) is 5.32 Å². The molecule has 0 spiro atoms. The van der Waals surface area contributed by atoms with Crippen LogP contribution in [-0.4, -0.2) is 22.1 Å². The molecule has 0 heterocycles. The number of fused-ring (bicyclic) bond motifs is 1. The molecular weight excluding hydrogens is 370 g/mol. The smallest absolute Gasteiger partial charge is 0.252 e. The fourth-order valence-corrected chi connectivity index (χ4v) is 3.08. The predicted molar refractivity (Wildman–Crippen MR) is 87.4 cm³/mol. The number of carbonyl (C=O) groups excluding carboxylic acids is 1. The van der Waals surface area contributed by atoms with Crippen LogP contribution in [0.5, 0.6) is 0 Å². The molecule has 0 bridgehead atoms. The number of alkyl halides is 2. The molecule has 100 valence electrons. The third-order valence-electron chi connectivity index (χ3n) is 3.04. The Morgan fingerprint density at radius 2 is 1.74 bits per heavy atom. The number of amides is 1. The Bertz CT molecular complexity index is 588. The predicted octanol–water partition coefficient (Wildman–Crippen LogP) is 4.12. The Morgan fingerprint density at radius 1 is 1.11 bits per heavy atom. The second kappa shape index (κ2) is 6.06. The summed E-state index contributed by atoms with van der Waals surface area (Å²) >= 11 is 6.88. The summed E-state index contributed by atoms with van der Waals surface area (Å²) in [5.74, 6) is -0.0433. The number of rotatable bonds is 4. The first-order valence-electron chi connectivity index (χ1n) is 6.02. The van der Waals surface area contributed by atoms with Gasteiger partial charge in [-0.25, -0.2) is 0 Å². The molecule has 2 rings (SSSR count). The van der Waals surface area contributed by atoms with Crippen molar-refractivity contribution in [2.75, 3.05) is 10.7 Å². The van der Waals surface area contributed by atoms with E-state index in [-0.39, 0.29) is 11.4 Å². The van der Waals surface area contributed by atoms with Gasteiger partial charge in [-0.2, -0.15) is 0 Å². The first kappa shape index (κ1) is 14.5. The summed E-state index contributed by atoms with van der Waals surface area (Å²) in [5, 5.41) is 6.52. The van der Waals surface area contributed by atoms with E-state index in [2.05, 4.69) is 37.2 Å². The average Bonchev–Trinajstić information content (AvgIpc) is 2.46. The normalized spacial score (nSPS) is 11.5. The minimum Gasteiger partial charge on any atom is -0.345 e. The third-order valence-corrected chi connectivity index (χ3v) is 5.51. The van der Waals surface area contributed by atoms with Gasteiger partial charge in [0.15, 0.2) is 0 Å². The summed E-state index contributed by atoms with van der Waals surface area (Å²) in [6.07, 6.45) is 0. The van der Waals surface area contributed by atoms with E-state index in [1.165, 1.54) is 0 Å². The molecule has 1 amide bonds. The fraction of sp³-hybridized carbons (Fsp3) is 0.267. The van der Waals surface area contributed by atoms with Crippen LogP contribution < -0.4 is 5.32 Å². The standard InChI is InChI=1S/C15H15Br2NO/c1-15(9-16,10-17)18-14(19)13-8-4-6-11-5-2-3-7-12(11)13/h2-8H,9-10H2,1H3,(H,18,19). The van der Waals surface area contributed by atoms with Crippen molar-refractivity contribution in [3.8, 4) is 0 Å². The van der Waals surface area contributed by atoms with Crippen molar-refractivity contribution in [1.29, 1.82) is 0 Å². The SMILES string of the molecule is CC(CBr)(CBr)NC(=O)c1cccc2ccccc12. The van der Waals surface area contributed by atoms with E-state index in [4.69, 9.17) is 0 Å². The summed E-state index contributed by atoms with van der Waals surface area (Å²) in [6.45, 7) is 2.00. The van der Waals surface area contributed by atoms with Crippen molar-refractivity contribution in [3.63, 3.8) is 0 Å². The van der Waals surface area contributed by atoms with E-state index in [9.17, 15) is 4.79 Å². The molecule has 19 heavy (non-hydrogen) atoms. The molecule has 0 radical (unpaired) electrons. The molecule has 0 aliphatic heterocycles. The van der Waals surface area contributed by atoms with Gasteiger partial charge < -0.3 is 5.32 Å². The topological polar surface area (TPSA) is 29.1 Å². The van der Waals surface area contributed by atoms with Crippen LogP contribution in [0.15, 0.2) is 42.5 Å². The number of halogens is 2. The summed E-state index contributed by atoms with van der Waals surface area (Å²) < 4.78 is 0. The lowest BCUT2D eigenvalue weighted by Gasteiger charge is -2.26. The second-order valence-electron chi connectivity index (χ2n) is 4.81. The Balaban J connectivity index is 2.37. The maximum absolute atomic E-state index is 12.4. The van der Waals surface area contributed by atoms with Gasteiger partial charge in [0.1, 0.15) is 0 Å². The molecule has 0 unspecified atom stereocenters. The van der Waals surface area contributed by atoms with Crippen LogP contribution in [0.4, 0.5) is 0 Å². The van der Waals surface area contributed by atoms with Crippen LogP contribution in [0, 0.1) is 0 Å². The second-order valence-corrected chi connectivity index (χ2v) is 5.93. The van der Waals surface area contributed by atoms with E-state index in [1.54, 1.807) is 0 Å². The summed E-state index contributed by atoms with van der Waals surface area (Å²) in [5.41, 5.74) is 0.417. The van der Waals surface area contributed by atoms with E-state index < -0.39 is 0 Å². The van der Waals surface area contributed by atoms with Crippen molar-refractivity contribution in [2.24, 2.45) is 0 Å². The highest BCUT2D eigenvalue weighted by Crippen LogP contribution is 2.20. The quantitative estimate of drug-likeness (QED) is 0.789. The molecule has 0 aliphatic carbocycles. The van der Waals surface area contributed by atoms with Crippen LogP contribution >= 0.6 is 31.9 Å². The lowest BCUT2D eigenvalue weighted by molar-refractivity contribution is 0.0924. The zero-order chi connectivity index (χ0) is 13.9. The van der Waals surface area contributed by atoms with Gasteiger partial charge in [0.2, 0.25) is 0 Å². The van der Waals surface area contributed by atoms with Crippen molar-refractivity contribution in [3.05, 3.63) is 48.0 Å². The van der Waals surface area contributed by atoms with E-state index in [0.29, 0.717) is 16.2 Å². The highest BCUT2D eigenvalue weighted by molar-refractivity contribution is 9.09. The molecule has 2 aromatic carbocycles. The van der Waals surface area contributed by atoms with Gasteiger partial charge in [-0.15, -0.1) is 0 Å². The van der Waals surface area contributed by atoms with Gasteiger partial charge >= 0.3 is 0 Å². The summed E-state index contributed by atoms with van der Waals surface area (Å²) in [7, 11) is 0. The van der Waals surface area contributed by atoms with Crippen molar-refractivity contribution < 1.29 is 4.79 Å². The van der Waals surface area contributed by atoms with Crippen LogP contribution in [0.25, 0.3) is 10.8 Å². The molecule has 4 heteroatoms. The summed E-state index contributed by atoms with van der Waals surface area (Å²) in [6, 6.07) is 13.7. The number of hydrogen-bond acceptors (Lipinski definition) is 1. The van der Waals surface area contributed by atoms with Gasteiger partial charge in [0, 0.05) is 16.2 Å². The number of nitrogens with one attached hydrogen (secondary N) is 1. The van der Waals surface area contributed by atoms with E-state index in [0.717, 1.165) is 10.8 Å². The molecule has 0 aromatic heterocycles. The average molecular weight is 385 g/mol. The molecule has 0 atom stereocenters. The van der Waals surface area contributed by atoms with Crippen LogP contribution in [-0.2, 0) is 0 Å². The molecule has 0 fully saturated rings.